The number of esters is 1. The Kier molecular flexibility index (Phi) is 4.96. The van der Waals surface area contributed by atoms with Gasteiger partial charge in [0.15, 0.2) is 10.4 Å². The Hall–Kier alpha value is -2.64. The maximum atomic E-state index is 12.6. The third-order valence-corrected chi connectivity index (χ3v) is 6.27. The Labute approximate surface area is 163 Å². The van der Waals surface area contributed by atoms with E-state index in [0.717, 1.165) is 25.5 Å². The first-order valence-corrected chi connectivity index (χ1v) is 10.2. The molecule has 4 rings (SSSR count). The molecule has 1 N–H and O–H groups in total. The molecule has 0 spiro atoms. The van der Waals surface area contributed by atoms with Crippen LogP contribution in [0, 0.1) is 0 Å². The van der Waals surface area contributed by atoms with Gasteiger partial charge in [-0.1, -0.05) is 42.1 Å². The van der Waals surface area contributed by atoms with Crippen LogP contribution in [-0.2, 0) is 9.53 Å². The maximum Gasteiger partial charge on any atom is 0.317 e. The third kappa shape index (κ3) is 3.74. The maximum absolute atomic E-state index is 12.6. The van der Waals surface area contributed by atoms with E-state index in [-0.39, 0.29) is 11.5 Å². The first-order valence-electron chi connectivity index (χ1n) is 8.40. The number of Topliss-reactive ketones (excluding diaryl/α,β-unsaturated/α-hetero) is 1. The molecule has 0 aliphatic rings. The molecule has 4 aromatic rings. The van der Waals surface area contributed by atoms with Crippen molar-refractivity contribution in [1.82, 2.24) is 9.97 Å². The van der Waals surface area contributed by atoms with E-state index in [0.29, 0.717) is 5.56 Å². The molecule has 0 saturated heterocycles. The largest absolute Gasteiger partial charge is 0.454 e. The van der Waals surface area contributed by atoms with Crippen LogP contribution in [0.4, 0.5) is 0 Å². The Morgan fingerprint density at radius 1 is 1.19 bits per heavy atom. The van der Waals surface area contributed by atoms with Crippen molar-refractivity contribution in [3.63, 3.8) is 0 Å². The van der Waals surface area contributed by atoms with Crippen LogP contribution in [0.2, 0.25) is 0 Å². The summed E-state index contributed by atoms with van der Waals surface area (Å²) in [5, 5.41) is 0.828. The number of ketones is 1. The van der Waals surface area contributed by atoms with Gasteiger partial charge in [0.1, 0.15) is 0 Å². The molecule has 0 saturated carbocycles. The van der Waals surface area contributed by atoms with Crippen LogP contribution in [0.25, 0.3) is 21.1 Å². The van der Waals surface area contributed by atoms with E-state index in [1.807, 2.05) is 48.5 Å². The highest BCUT2D eigenvalue weighted by molar-refractivity contribution is 8.01. The molecule has 2 aromatic carbocycles. The summed E-state index contributed by atoms with van der Waals surface area (Å²) in [5.74, 6) is -0.531. The second-order valence-corrected chi connectivity index (χ2v) is 8.23. The molecule has 0 radical (unpaired) electrons. The number of aromatic amines is 1. The summed E-state index contributed by atoms with van der Waals surface area (Å²) in [5.41, 5.74) is 2.33. The minimum Gasteiger partial charge on any atom is -0.454 e. The molecule has 0 aliphatic carbocycles. The molecular formula is C20H16N2O3S2. The highest BCUT2D eigenvalue weighted by atomic mass is 32.2. The van der Waals surface area contributed by atoms with Gasteiger partial charge in [-0.25, -0.2) is 4.98 Å². The molecule has 2 aromatic heterocycles. The Bertz CT molecular complexity index is 1100. The number of aromatic nitrogens is 2. The van der Waals surface area contributed by atoms with Crippen molar-refractivity contribution in [2.24, 2.45) is 0 Å². The van der Waals surface area contributed by atoms with Gasteiger partial charge < -0.3 is 9.72 Å². The molecule has 0 aliphatic heterocycles. The molecule has 7 heteroatoms. The zero-order valence-corrected chi connectivity index (χ0v) is 16.1. The van der Waals surface area contributed by atoms with E-state index in [9.17, 15) is 9.59 Å². The van der Waals surface area contributed by atoms with Crippen molar-refractivity contribution in [2.45, 2.75) is 17.4 Å². The Balaban J connectivity index is 1.37. The van der Waals surface area contributed by atoms with Crippen molar-refractivity contribution in [2.75, 3.05) is 5.75 Å². The highest BCUT2D eigenvalue weighted by Gasteiger charge is 2.22. The summed E-state index contributed by atoms with van der Waals surface area (Å²) in [6, 6.07) is 15.4. The van der Waals surface area contributed by atoms with E-state index in [2.05, 4.69) is 9.97 Å². The van der Waals surface area contributed by atoms with Crippen LogP contribution in [0.3, 0.4) is 0 Å². The number of rotatable bonds is 6. The summed E-state index contributed by atoms with van der Waals surface area (Å²) >= 11 is 2.86. The average Bonchev–Trinajstić information content (AvgIpc) is 3.29. The molecule has 1 unspecified atom stereocenters. The van der Waals surface area contributed by atoms with Gasteiger partial charge in [0.25, 0.3) is 0 Å². The number of thiazole rings is 1. The lowest BCUT2D eigenvalue weighted by Gasteiger charge is -2.11. The lowest BCUT2D eigenvalue weighted by Crippen LogP contribution is -2.25. The second-order valence-electron chi connectivity index (χ2n) is 5.98. The van der Waals surface area contributed by atoms with Crippen LogP contribution in [0.5, 0.6) is 0 Å². The lowest BCUT2D eigenvalue weighted by atomic mass is 10.1. The summed E-state index contributed by atoms with van der Waals surface area (Å²) in [4.78, 5) is 32.3. The standard InChI is InChI=1S/C20H16N2O3S2/c1-12(19(24)14-10-21-15-7-3-2-6-13(14)15)25-18(23)11-26-20-22-16-8-4-5-9-17(16)27-20/h2-10,12,21H,11H2,1H3. The van der Waals surface area contributed by atoms with Gasteiger partial charge in [-0.3, -0.25) is 9.59 Å². The van der Waals surface area contributed by atoms with E-state index < -0.39 is 12.1 Å². The number of thioether (sulfide) groups is 1. The zero-order valence-electron chi connectivity index (χ0n) is 14.5. The molecule has 2 heterocycles. The Morgan fingerprint density at radius 3 is 2.81 bits per heavy atom. The molecule has 0 bridgehead atoms. The van der Waals surface area contributed by atoms with Gasteiger partial charge in [-0.2, -0.15) is 0 Å². The predicted molar refractivity (Wildman–Crippen MR) is 109 cm³/mol. The number of H-pyrrole nitrogens is 1. The molecule has 136 valence electrons. The molecule has 5 nitrogen and oxygen atoms in total. The van der Waals surface area contributed by atoms with Crippen molar-refractivity contribution >= 4 is 56.0 Å². The quantitative estimate of drug-likeness (QED) is 0.291. The van der Waals surface area contributed by atoms with Crippen molar-refractivity contribution < 1.29 is 14.3 Å². The smallest absolute Gasteiger partial charge is 0.317 e. The number of hydrogen-bond donors (Lipinski definition) is 1. The summed E-state index contributed by atoms with van der Waals surface area (Å²) < 4.78 is 7.22. The first-order chi connectivity index (χ1) is 13.1. The van der Waals surface area contributed by atoms with E-state index >= 15 is 0 Å². The molecule has 0 amide bonds. The zero-order chi connectivity index (χ0) is 18.8. The fraction of sp³-hybridized carbons (Fsp3) is 0.150. The minimum atomic E-state index is -0.840. The van der Waals surface area contributed by atoms with Crippen molar-refractivity contribution in [3.05, 3.63) is 60.3 Å². The summed E-state index contributed by atoms with van der Waals surface area (Å²) in [7, 11) is 0. The normalized spacial score (nSPS) is 12.3. The fourth-order valence-corrected chi connectivity index (χ4v) is 4.66. The molecule has 27 heavy (non-hydrogen) atoms. The Morgan fingerprint density at radius 2 is 1.96 bits per heavy atom. The van der Waals surface area contributed by atoms with Crippen LogP contribution in [0.1, 0.15) is 17.3 Å². The van der Waals surface area contributed by atoms with Crippen LogP contribution < -0.4 is 0 Å². The van der Waals surface area contributed by atoms with Gasteiger partial charge in [-0.15, -0.1) is 11.3 Å². The van der Waals surface area contributed by atoms with Crippen LogP contribution in [-0.4, -0.2) is 33.6 Å². The number of benzene rings is 2. The minimum absolute atomic E-state index is 0.116. The lowest BCUT2D eigenvalue weighted by molar-refractivity contribution is -0.143. The molecular weight excluding hydrogens is 380 g/mol. The molecule has 1 atom stereocenters. The first kappa shape index (κ1) is 17.8. The highest BCUT2D eigenvalue weighted by Crippen LogP contribution is 2.29. The number of nitrogens with zero attached hydrogens (tertiary/aromatic N) is 1. The van der Waals surface area contributed by atoms with Crippen molar-refractivity contribution in [1.29, 1.82) is 0 Å². The van der Waals surface area contributed by atoms with Gasteiger partial charge in [0.2, 0.25) is 5.78 Å². The third-order valence-electron chi connectivity index (χ3n) is 4.12. The van der Waals surface area contributed by atoms with Crippen LogP contribution >= 0.6 is 23.1 Å². The van der Waals surface area contributed by atoms with E-state index in [1.165, 1.54) is 23.1 Å². The topological polar surface area (TPSA) is 72.0 Å². The predicted octanol–water partition coefficient (Wildman–Crippen LogP) is 4.68. The van der Waals surface area contributed by atoms with Crippen LogP contribution in [0.15, 0.2) is 59.1 Å². The van der Waals surface area contributed by atoms with Gasteiger partial charge in [0, 0.05) is 22.7 Å². The van der Waals surface area contributed by atoms with Gasteiger partial charge >= 0.3 is 5.97 Å². The number of ether oxygens (including phenoxy) is 1. The van der Waals surface area contributed by atoms with E-state index in [4.69, 9.17) is 4.74 Å². The number of nitrogens with one attached hydrogen (secondary N) is 1. The number of carbonyl (C=O) groups is 2. The van der Waals surface area contributed by atoms with E-state index in [1.54, 1.807) is 13.1 Å². The van der Waals surface area contributed by atoms with Gasteiger partial charge in [0.05, 0.1) is 16.0 Å². The van der Waals surface area contributed by atoms with Gasteiger partial charge in [-0.05, 0) is 25.1 Å². The monoisotopic (exact) mass is 396 g/mol. The summed E-state index contributed by atoms with van der Waals surface area (Å²) in [6.07, 6.45) is 0.820. The average molecular weight is 396 g/mol. The number of fused-ring (bicyclic) bond motifs is 2. The SMILES string of the molecule is CC(OC(=O)CSc1nc2ccccc2s1)C(=O)c1c[nH]c2ccccc12. The molecule has 0 fully saturated rings. The van der Waals surface area contributed by atoms with Crippen molar-refractivity contribution in [3.8, 4) is 0 Å². The number of para-hydroxylation sites is 2. The fourth-order valence-electron chi connectivity index (χ4n) is 2.81. The number of hydrogen-bond acceptors (Lipinski definition) is 6. The summed E-state index contributed by atoms with van der Waals surface area (Å²) in [6.45, 7) is 1.60. The second kappa shape index (κ2) is 7.54. The number of carbonyl (C=O) groups excluding carboxylic acids is 2.